The molecule has 0 aliphatic carbocycles. The lowest BCUT2D eigenvalue weighted by Gasteiger charge is -2.35. The zero-order chi connectivity index (χ0) is 53.6. The number of fused-ring (bicyclic) bond motifs is 3. The fourth-order valence-electron chi connectivity index (χ4n) is 9.02. The number of aliphatic imine (C=N–C) groups is 1. The quantitative estimate of drug-likeness (QED) is 0.0537. The molecule has 75 heavy (non-hydrogen) atoms. The second kappa shape index (κ2) is 24.1. The lowest BCUT2D eigenvalue weighted by Crippen LogP contribution is -2.58. The van der Waals surface area contributed by atoms with E-state index in [1.54, 1.807) is 22.7 Å². The van der Waals surface area contributed by atoms with Crippen molar-refractivity contribution in [3.05, 3.63) is 133 Å². The molecule has 0 spiro atoms. The average molecular weight is 1080 g/mol. The number of benzene rings is 3. The molecule has 8 rings (SSSR count). The number of aliphatic hydroxyl groups excluding tert-OH is 1. The molecule has 1 saturated heterocycles. The van der Waals surface area contributed by atoms with Gasteiger partial charge in [0.15, 0.2) is 17.4 Å². The van der Waals surface area contributed by atoms with Gasteiger partial charge in [-0.2, -0.15) is 0 Å². The minimum Gasteiger partial charge on any atom is -0.488 e. The number of β-amino-alcohol motifs (C(OH)–C–C–N with tert-alkyl or cyclic N) is 1. The number of hydrogen-bond donors (Lipinski definition) is 4. The van der Waals surface area contributed by atoms with Crippen LogP contribution >= 0.6 is 34.3 Å². The highest BCUT2D eigenvalue weighted by Crippen LogP contribution is 2.40. The van der Waals surface area contributed by atoms with Crippen molar-refractivity contribution in [1.29, 1.82) is 0 Å². The molecule has 5 heterocycles. The normalized spacial score (nSPS) is 16.6. The van der Waals surface area contributed by atoms with E-state index >= 15 is 0 Å². The van der Waals surface area contributed by atoms with Crippen LogP contribution in [-0.2, 0) is 35.2 Å². The van der Waals surface area contributed by atoms with Crippen molar-refractivity contribution in [3.63, 3.8) is 0 Å². The van der Waals surface area contributed by atoms with Crippen LogP contribution < -0.4 is 20.7 Å². The average Bonchev–Trinajstić information content (AvgIpc) is 4.14. The summed E-state index contributed by atoms with van der Waals surface area (Å²) in [6.07, 6.45) is -0.456. The summed E-state index contributed by atoms with van der Waals surface area (Å²) in [7, 11) is 0. The number of nitrogens with one attached hydrogen (secondary N) is 3. The van der Waals surface area contributed by atoms with Crippen LogP contribution in [0.15, 0.2) is 83.2 Å². The molecule has 3 aromatic heterocycles. The molecule has 16 nitrogen and oxygen atoms in total. The van der Waals surface area contributed by atoms with Gasteiger partial charge in [-0.15, -0.1) is 32.9 Å². The maximum atomic E-state index is 14.9. The molecule has 0 radical (unpaired) electrons. The predicted molar refractivity (Wildman–Crippen MR) is 289 cm³/mol. The Balaban J connectivity index is 0.763. The third kappa shape index (κ3) is 13.2. The Labute approximate surface area is 448 Å². The molecule has 0 saturated carbocycles. The van der Waals surface area contributed by atoms with Crippen molar-refractivity contribution in [3.8, 4) is 21.2 Å². The zero-order valence-corrected chi connectivity index (χ0v) is 45.4. The number of aryl methyl sites for hydroxylation is 3. The third-order valence-electron chi connectivity index (χ3n) is 13.1. The van der Waals surface area contributed by atoms with E-state index in [1.165, 1.54) is 33.5 Å². The maximum absolute atomic E-state index is 14.9. The van der Waals surface area contributed by atoms with Crippen molar-refractivity contribution >= 4 is 69.3 Å². The Hall–Kier alpha value is -6.35. The van der Waals surface area contributed by atoms with Gasteiger partial charge in [0, 0.05) is 70.4 Å². The fourth-order valence-corrected chi connectivity index (χ4v) is 11.3. The first-order valence-electron chi connectivity index (χ1n) is 24.8. The van der Waals surface area contributed by atoms with Gasteiger partial charge in [0.05, 0.1) is 24.8 Å². The van der Waals surface area contributed by atoms with Crippen molar-refractivity contribution < 1.29 is 42.9 Å². The van der Waals surface area contributed by atoms with Crippen LogP contribution in [0.25, 0.3) is 15.4 Å². The maximum Gasteiger partial charge on any atom is 0.246 e. The number of aliphatic hydroxyl groups is 1. The number of hydrogen-bond acceptors (Lipinski definition) is 13. The van der Waals surface area contributed by atoms with Gasteiger partial charge in [-0.3, -0.25) is 28.7 Å². The lowest BCUT2D eigenvalue weighted by atomic mass is 9.85. The van der Waals surface area contributed by atoms with Gasteiger partial charge in [-0.05, 0) is 97.5 Å². The summed E-state index contributed by atoms with van der Waals surface area (Å²) in [6, 6.07) is 18.9. The number of carbonyl (C=O) groups is 4. The molecular weight excluding hydrogens is 1020 g/mol. The van der Waals surface area contributed by atoms with Gasteiger partial charge < -0.3 is 40.2 Å². The molecule has 1 fully saturated rings. The van der Waals surface area contributed by atoms with Gasteiger partial charge in [0.25, 0.3) is 0 Å². The number of aromatic nitrogens is 3. The smallest absolute Gasteiger partial charge is 0.246 e. The number of halogens is 2. The predicted octanol–water partition coefficient (Wildman–Crippen LogP) is 8.62. The third-order valence-corrected chi connectivity index (χ3v) is 15.6. The second-order valence-electron chi connectivity index (χ2n) is 19.8. The summed E-state index contributed by atoms with van der Waals surface area (Å²) in [5.74, 6) is -1.21. The van der Waals surface area contributed by atoms with Gasteiger partial charge in [-0.25, -0.2) is 4.39 Å². The van der Waals surface area contributed by atoms with E-state index in [0.29, 0.717) is 28.8 Å². The first-order chi connectivity index (χ1) is 35.9. The summed E-state index contributed by atoms with van der Waals surface area (Å²) in [6.45, 7) is 14.0. The molecule has 3 aromatic carbocycles. The van der Waals surface area contributed by atoms with E-state index in [4.69, 9.17) is 30.8 Å². The molecule has 396 valence electrons. The summed E-state index contributed by atoms with van der Waals surface area (Å²) < 4.78 is 33.8. The molecule has 4 N–H and O–H groups in total. The largest absolute Gasteiger partial charge is 0.488 e. The number of amides is 4. The number of rotatable bonds is 20. The molecule has 6 aromatic rings. The zero-order valence-electron chi connectivity index (χ0n) is 43.0. The standard InChI is InChI=1S/C55H62ClFN8O8S2/c1-31-19-24-74-49(31)37-11-9-35(10-12-37)28-58-52(69)43-26-40(66)29-64(43)53(70)50(55(5,6)7)61-46(68)30-72-21-8-20-71-22-23-73-44-25-39(17-18-41(44)57)59-45(67)27-42-51-63-62-34(4)65(51)54-47(32(2)33(3)75-54)48(60-42)36-13-15-38(56)16-14-36/h9-19,24-25,40,42-43,50,66H,8,20-23,26-30H2,1-7H3,(H,58,69)(H,59,67)(H,61,68)/t40-,42+,43+,50-/m1/s1. The number of anilines is 1. The number of thiophene rings is 2. The van der Waals surface area contributed by atoms with Gasteiger partial charge >= 0.3 is 0 Å². The van der Waals surface area contributed by atoms with E-state index in [1.807, 2.05) is 80.8 Å². The SMILES string of the molecule is Cc1ccsc1-c1ccc(CNC(=O)[C@@H]2C[C@@H](O)CN2C(=O)[C@@H](NC(=O)COCCCOCCOc2cc(NC(=O)C[C@@H]3N=C(c4ccc(Cl)cc4)c4c(sc(C)c4C)-n4c(C)nnc43)ccc2F)C(C)(C)C)cc1. The Morgan fingerprint density at radius 2 is 1.64 bits per heavy atom. The highest BCUT2D eigenvalue weighted by atomic mass is 35.5. The van der Waals surface area contributed by atoms with E-state index in [2.05, 4.69) is 58.4 Å². The molecule has 0 bridgehead atoms. The summed E-state index contributed by atoms with van der Waals surface area (Å²) in [5.41, 5.74) is 6.38. The first kappa shape index (κ1) is 54.9. The first-order valence-corrected chi connectivity index (χ1v) is 26.9. The summed E-state index contributed by atoms with van der Waals surface area (Å²) in [5, 5.41) is 31.6. The number of ether oxygens (including phenoxy) is 3. The van der Waals surface area contributed by atoms with Gasteiger partial charge in [0.1, 0.15) is 42.2 Å². The van der Waals surface area contributed by atoms with Crippen LogP contribution in [0, 0.1) is 38.9 Å². The Kier molecular flexibility index (Phi) is 17.6. The van der Waals surface area contributed by atoms with Crippen molar-refractivity contribution in [2.24, 2.45) is 10.4 Å². The van der Waals surface area contributed by atoms with E-state index < -0.39 is 47.3 Å². The molecule has 4 amide bonds. The highest BCUT2D eigenvalue weighted by Gasteiger charge is 2.44. The number of carbonyl (C=O) groups excluding carboxylic acids is 4. The van der Waals surface area contributed by atoms with E-state index in [0.717, 1.165) is 43.4 Å². The second-order valence-corrected chi connectivity index (χ2v) is 22.3. The van der Waals surface area contributed by atoms with E-state index in [9.17, 15) is 28.7 Å². The van der Waals surface area contributed by atoms with Crippen molar-refractivity contribution in [2.45, 2.75) is 98.5 Å². The van der Waals surface area contributed by atoms with Gasteiger partial charge in [-0.1, -0.05) is 68.8 Å². The molecule has 2 aliphatic heterocycles. The molecule has 2 aliphatic rings. The van der Waals surface area contributed by atoms with Crippen LogP contribution in [0.1, 0.15) is 90.4 Å². The lowest BCUT2D eigenvalue weighted by molar-refractivity contribution is -0.144. The highest BCUT2D eigenvalue weighted by molar-refractivity contribution is 7.15. The topological polar surface area (TPSA) is 199 Å². The summed E-state index contributed by atoms with van der Waals surface area (Å²) in [4.78, 5) is 63.1. The Morgan fingerprint density at radius 3 is 2.36 bits per heavy atom. The molecular formula is C55H62ClFN8O8S2. The van der Waals surface area contributed by atoms with Crippen LogP contribution in [0.5, 0.6) is 5.75 Å². The monoisotopic (exact) mass is 1080 g/mol. The minimum absolute atomic E-state index is 0.0164. The van der Waals surface area contributed by atoms with E-state index in [-0.39, 0.29) is 76.5 Å². The molecule has 4 atom stereocenters. The van der Waals surface area contributed by atoms with Crippen LogP contribution in [0.3, 0.4) is 0 Å². The van der Waals surface area contributed by atoms with Crippen molar-refractivity contribution in [2.75, 3.05) is 44.9 Å². The van der Waals surface area contributed by atoms with Crippen LogP contribution in [-0.4, -0.2) is 112 Å². The fraction of sp³-hybridized carbons (Fsp3) is 0.400. The Bertz CT molecular complexity index is 3060. The number of likely N-dealkylation sites (tertiary alicyclic amines) is 1. The minimum atomic E-state index is -0.999. The molecule has 0 unspecified atom stereocenters. The molecule has 20 heteroatoms. The van der Waals surface area contributed by atoms with Crippen LogP contribution in [0.4, 0.5) is 10.1 Å². The number of nitrogens with zero attached hydrogens (tertiary/aromatic N) is 5. The summed E-state index contributed by atoms with van der Waals surface area (Å²) >= 11 is 9.54. The Morgan fingerprint density at radius 1 is 0.907 bits per heavy atom. The van der Waals surface area contributed by atoms with Crippen molar-refractivity contribution in [1.82, 2.24) is 30.3 Å². The van der Waals surface area contributed by atoms with Gasteiger partial charge in [0.2, 0.25) is 23.6 Å². The van der Waals surface area contributed by atoms with Crippen LogP contribution in [0.2, 0.25) is 5.02 Å².